The Morgan fingerprint density at radius 2 is 1.53 bits per heavy atom. The van der Waals surface area contributed by atoms with Gasteiger partial charge in [-0.3, -0.25) is 14.5 Å². The first kappa shape index (κ1) is 25.2. The van der Waals surface area contributed by atoms with Gasteiger partial charge in [0.1, 0.15) is 4.88 Å². The number of aliphatic hydroxyl groups excluding tert-OH is 1. The number of nitrogens with zero attached hydrogens (tertiary/aromatic N) is 3. The Morgan fingerprint density at radius 3 is 2.08 bits per heavy atom. The quantitative estimate of drug-likeness (QED) is 0.374. The molecule has 0 saturated heterocycles. The van der Waals surface area contributed by atoms with Gasteiger partial charge in [-0.2, -0.15) is 0 Å². The molecule has 36 heavy (non-hydrogen) atoms. The molecule has 0 unspecified atom stereocenters. The van der Waals surface area contributed by atoms with Gasteiger partial charge < -0.3 is 14.6 Å². The molecule has 4 rings (SSSR count). The van der Waals surface area contributed by atoms with E-state index in [4.69, 9.17) is 9.47 Å². The van der Waals surface area contributed by atoms with Gasteiger partial charge in [0.05, 0.1) is 52.7 Å². The number of methoxy groups -OCH3 is 2. The first-order valence-corrected chi connectivity index (χ1v) is 12.2. The zero-order chi connectivity index (χ0) is 26.3. The van der Waals surface area contributed by atoms with Crippen molar-refractivity contribution in [1.82, 2.24) is 9.97 Å². The Labute approximate surface area is 213 Å². The highest BCUT2D eigenvalue weighted by Gasteiger charge is 2.46. The van der Waals surface area contributed by atoms with Gasteiger partial charge in [-0.25, -0.2) is 19.6 Å². The van der Waals surface area contributed by atoms with Crippen molar-refractivity contribution in [2.75, 3.05) is 19.1 Å². The Kier molecular flexibility index (Phi) is 6.74. The molecule has 12 heteroatoms. The zero-order valence-corrected chi connectivity index (χ0v) is 21.6. The van der Waals surface area contributed by atoms with Gasteiger partial charge in [-0.1, -0.05) is 23.5 Å². The topological polar surface area (TPSA) is 136 Å². The van der Waals surface area contributed by atoms with E-state index in [1.165, 1.54) is 31.3 Å². The molecule has 1 aliphatic heterocycles. The Morgan fingerprint density at radius 1 is 0.917 bits per heavy atom. The third-order valence-electron chi connectivity index (χ3n) is 5.57. The minimum Gasteiger partial charge on any atom is -0.503 e. The number of benzene rings is 1. The summed E-state index contributed by atoms with van der Waals surface area (Å²) in [7, 11) is 2.49. The maximum atomic E-state index is 13.7. The highest BCUT2D eigenvalue weighted by molar-refractivity contribution is 7.17. The number of aliphatic hydroxyl groups is 1. The number of amides is 1. The van der Waals surface area contributed by atoms with E-state index >= 15 is 0 Å². The van der Waals surface area contributed by atoms with Crippen molar-refractivity contribution in [3.8, 4) is 0 Å². The minimum absolute atomic E-state index is 0.103. The lowest BCUT2D eigenvalue weighted by molar-refractivity contribution is -0.117. The molecule has 0 bridgehead atoms. The van der Waals surface area contributed by atoms with Gasteiger partial charge in [0, 0.05) is 0 Å². The van der Waals surface area contributed by atoms with Crippen molar-refractivity contribution in [2.24, 2.45) is 0 Å². The number of ether oxygens (including phenoxy) is 2. The normalized spacial score (nSPS) is 15.4. The summed E-state index contributed by atoms with van der Waals surface area (Å²) >= 11 is 2.07. The van der Waals surface area contributed by atoms with Crippen molar-refractivity contribution in [3.63, 3.8) is 0 Å². The average Bonchev–Trinajstić information content (AvgIpc) is 3.50. The highest BCUT2D eigenvalue weighted by atomic mass is 32.1. The van der Waals surface area contributed by atoms with Crippen LogP contribution in [0.25, 0.3) is 0 Å². The predicted molar refractivity (Wildman–Crippen MR) is 132 cm³/mol. The Balaban J connectivity index is 1.88. The van der Waals surface area contributed by atoms with Crippen molar-refractivity contribution >= 4 is 51.4 Å². The van der Waals surface area contributed by atoms with E-state index in [0.717, 1.165) is 22.7 Å². The maximum Gasteiger partial charge on any atom is 0.350 e. The summed E-state index contributed by atoms with van der Waals surface area (Å²) in [6.07, 6.45) is 0. The third-order valence-corrected chi connectivity index (χ3v) is 7.78. The second-order valence-electron chi connectivity index (χ2n) is 7.83. The van der Waals surface area contributed by atoms with Crippen LogP contribution in [0.5, 0.6) is 0 Å². The molecule has 1 N–H and O–H groups in total. The number of Topliss-reactive ketones (excluding diaryl/α,β-unsaturated/α-hetero) is 1. The zero-order valence-electron chi connectivity index (χ0n) is 19.9. The standard InChI is InChI=1S/C24H21N3O7S2/c1-10-19(35-12(3)25-10)17(28)15-16(13-6-8-14(9-7-13)22(31)33-4)27(21(30)18(15)29)24-26-11(2)20(36-24)23(32)34-5/h6-9,16,29H,1-5H3/t16-/m0/s1. The number of hydrogen-bond acceptors (Lipinski definition) is 11. The predicted octanol–water partition coefficient (Wildman–Crippen LogP) is 3.88. The van der Waals surface area contributed by atoms with Crippen LogP contribution in [0.4, 0.5) is 5.13 Å². The first-order chi connectivity index (χ1) is 17.1. The number of anilines is 1. The average molecular weight is 528 g/mol. The molecule has 2 aromatic heterocycles. The van der Waals surface area contributed by atoms with E-state index in [1.807, 2.05) is 0 Å². The van der Waals surface area contributed by atoms with Gasteiger partial charge in [0.2, 0.25) is 5.78 Å². The lowest BCUT2D eigenvalue weighted by Crippen LogP contribution is -2.31. The molecule has 1 atom stereocenters. The second-order valence-corrected chi connectivity index (χ2v) is 10.0. The van der Waals surface area contributed by atoms with E-state index in [1.54, 1.807) is 32.9 Å². The number of hydrogen-bond donors (Lipinski definition) is 1. The van der Waals surface area contributed by atoms with E-state index in [-0.39, 0.29) is 21.1 Å². The first-order valence-electron chi connectivity index (χ1n) is 10.6. The van der Waals surface area contributed by atoms with Crippen LogP contribution in [-0.2, 0) is 14.3 Å². The maximum absolute atomic E-state index is 13.7. The van der Waals surface area contributed by atoms with E-state index < -0.39 is 35.4 Å². The van der Waals surface area contributed by atoms with Crippen LogP contribution in [0.2, 0.25) is 0 Å². The van der Waals surface area contributed by atoms with E-state index in [0.29, 0.717) is 26.8 Å². The number of ketones is 1. The summed E-state index contributed by atoms with van der Waals surface area (Å²) in [4.78, 5) is 61.4. The monoisotopic (exact) mass is 527 g/mol. The summed E-state index contributed by atoms with van der Waals surface area (Å²) in [5.41, 5.74) is 1.37. The summed E-state index contributed by atoms with van der Waals surface area (Å²) in [6, 6.07) is 5.05. The molecule has 3 aromatic rings. The summed E-state index contributed by atoms with van der Waals surface area (Å²) in [5.74, 6) is -3.28. The van der Waals surface area contributed by atoms with Crippen molar-refractivity contribution < 1.29 is 33.8 Å². The van der Waals surface area contributed by atoms with Crippen LogP contribution in [0.3, 0.4) is 0 Å². The lowest BCUT2D eigenvalue weighted by atomic mass is 9.94. The van der Waals surface area contributed by atoms with Crippen molar-refractivity contribution in [2.45, 2.75) is 26.8 Å². The molecule has 1 amide bonds. The van der Waals surface area contributed by atoms with E-state index in [2.05, 4.69) is 9.97 Å². The molecule has 10 nitrogen and oxygen atoms in total. The molecule has 0 fully saturated rings. The molecule has 186 valence electrons. The molecular formula is C24H21N3O7S2. The van der Waals surface area contributed by atoms with Crippen LogP contribution in [0.1, 0.15) is 57.7 Å². The molecule has 0 saturated carbocycles. The van der Waals surface area contributed by atoms with Crippen LogP contribution < -0.4 is 4.90 Å². The van der Waals surface area contributed by atoms with Gasteiger partial charge >= 0.3 is 11.9 Å². The van der Waals surface area contributed by atoms with Crippen LogP contribution in [-0.4, -0.2) is 52.9 Å². The fraction of sp³-hybridized carbons (Fsp3) is 0.250. The van der Waals surface area contributed by atoms with E-state index in [9.17, 15) is 24.3 Å². The second kappa shape index (κ2) is 9.63. The largest absolute Gasteiger partial charge is 0.503 e. The molecule has 3 heterocycles. The summed E-state index contributed by atoms with van der Waals surface area (Å²) < 4.78 is 9.54. The number of aryl methyl sites for hydroxylation is 3. The number of rotatable bonds is 6. The molecule has 1 aromatic carbocycles. The number of carbonyl (C=O) groups excluding carboxylic acids is 4. The smallest absolute Gasteiger partial charge is 0.350 e. The van der Waals surface area contributed by atoms with Crippen LogP contribution in [0, 0.1) is 20.8 Å². The summed E-state index contributed by atoms with van der Waals surface area (Å²) in [6.45, 7) is 5.02. The van der Waals surface area contributed by atoms with Crippen LogP contribution in [0.15, 0.2) is 35.6 Å². The molecule has 1 aliphatic rings. The number of thiazole rings is 2. The fourth-order valence-electron chi connectivity index (χ4n) is 3.90. The number of aromatic nitrogens is 2. The molecule has 0 spiro atoms. The number of carbonyl (C=O) groups is 4. The van der Waals surface area contributed by atoms with Gasteiger partial charge in [0.15, 0.2) is 10.9 Å². The van der Waals surface area contributed by atoms with Gasteiger partial charge in [-0.15, -0.1) is 11.3 Å². The van der Waals surface area contributed by atoms with Gasteiger partial charge in [-0.05, 0) is 38.5 Å². The van der Waals surface area contributed by atoms with Crippen molar-refractivity contribution in [1.29, 1.82) is 0 Å². The van der Waals surface area contributed by atoms with Crippen LogP contribution >= 0.6 is 22.7 Å². The SMILES string of the molecule is COC(=O)c1ccc([C@H]2C(C(=O)c3sc(C)nc3C)=C(O)C(=O)N2c2nc(C)c(C(=O)OC)s2)cc1. The number of esters is 2. The Hall–Kier alpha value is -3.90. The molecule has 0 radical (unpaired) electrons. The minimum atomic E-state index is -1.07. The third kappa shape index (κ3) is 4.18. The van der Waals surface area contributed by atoms with Gasteiger partial charge in [0.25, 0.3) is 5.91 Å². The highest BCUT2D eigenvalue weighted by Crippen LogP contribution is 2.44. The summed E-state index contributed by atoms with van der Waals surface area (Å²) in [5, 5.41) is 11.7. The van der Waals surface area contributed by atoms with Crippen molar-refractivity contribution in [3.05, 3.63) is 72.9 Å². The molecule has 0 aliphatic carbocycles. The lowest BCUT2D eigenvalue weighted by Gasteiger charge is -2.24. The molecular weight excluding hydrogens is 506 g/mol. The Bertz CT molecular complexity index is 1440. The fourth-order valence-corrected chi connectivity index (χ4v) is 5.79.